The molecular formula is C18H26N2S. The first kappa shape index (κ1) is 16.2. The lowest BCUT2D eigenvalue weighted by atomic mass is 9.98. The van der Waals surface area contributed by atoms with Crippen LogP contribution in [0, 0.1) is 6.92 Å². The first-order valence-electron chi connectivity index (χ1n) is 7.59. The van der Waals surface area contributed by atoms with Gasteiger partial charge in [0.15, 0.2) is 0 Å². The standard InChI is InChI=1S/C18H26N2S/c1-13-8-6-7-9-15(13)10-14(2)19-11-16-12-20-17(21-16)18(3,4)5/h6-9,12,14,19H,10-11H2,1-5H3. The van der Waals surface area contributed by atoms with Gasteiger partial charge in [-0.25, -0.2) is 4.98 Å². The van der Waals surface area contributed by atoms with Crippen LogP contribution in [0.5, 0.6) is 0 Å². The Labute approximate surface area is 132 Å². The van der Waals surface area contributed by atoms with E-state index in [-0.39, 0.29) is 5.41 Å². The van der Waals surface area contributed by atoms with E-state index in [2.05, 4.69) is 69.2 Å². The molecule has 2 nitrogen and oxygen atoms in total. The van der Waals surface area contributed by atoms with Crippen LogP contribution in [0.15, 0.2) is 30.5 Å². The predicted molar refractivity (Wildman–Crippen MR) is 92.0 cm³/mol. The summed E-state index contributed by atoms with van der Waals surface area (Å²) in [5.41, 5.74) is 2.95. The van der Waals surface area contributed by atoms with E-state index in [1.54, 1.807) is 0 Å². The zero-order valence-electron chi connectivity index (χ0n) is 13.7. The van der Waals surface area contributed by atoms with Crippen molar-refractivity contribution in [3.8, 4) is 0 Å². The Balaban J connectivity index is 1.88. The Bertz CT molecular complexity index is 581. The third kappa shape index (κ3) is 4.65. The smallest absolute Gasteiger partial charge is 0.0981 e. The Morgan fingerprint density at radius 3 is 2.57 bits per heavy atom. The summed E-state index contributed by atoms with van der Waals surface area (Å²) in [4.78, 5) is 5.86. The molecule has 0 aliphatic heterocycles. The summed E-state index contributed by atoms with van der Waals surface area (Å²) in [7, 11) is 0. The van der Waals surface area contributed by atoms with E-state index in [4.69, 9.17) is 0 Å². The molecule has 2 rings (SSSR count). The lowest BCUT2D eigenvalue weighted by Crippen LogP contribution is -2.27. The average Bonchev–Trinajstić information content (AvgIpc) is 2.88. The zero-order chi connectivity index (χ0) is 15.5. The summed E-state index contributed by atoms with van der Waals surface area (Å²) in [5.74, 6) is 0. The summed E-state index contributed by atoms with van der Waals surface area (Å²) in [6.07, 6.45) is 3.08. The first-order valence-corrected chi connectivity index (χ1v) is 8.41. The van der Waals surface area contributed by atoms with Crippen molar-refractivity contribution in [3.63, 3.8) is 0 Å². The van der Waals surface area contributed by atoms with Gasteiger partial charge in [-0.3, -0.25) is 0 Å². The van der Waals surface area contributed by atoms with Crippen molar-refractivity contribution in [1.82, 2.24) is 10.3 Å². The second-order valence-corrected chi connectivity index (χ2v) is 7.91. The van der Waals surface area contributed by atoms with Crippen molar-refractivity contribution >= 4 is 11.3 Å². The Kier molecular flexibility index (Phi) is 5.17. The van der Waals surface area contributed by atoms with Gasteiger partial charge in [0.05, 0.1) is 5.01 Å². The lowest BCUT2D eigenvalue weighted by molar-refractivity contribution is 0.547. The molecule has 0 fully saturated rings. The molecule has 1 atom stereocenters. The van der Waals surface area contributed by atoms with E-state index < -0.39 is 0 Å². The Morgan fingerprint density at radius 1 is 1.24 bits per heavy atom. The van der Waals surface area contributed by atoms with E-state index >= 15 is 0 Å². The van der Waals surface area contributed by atoms with Crippen molar-refractivity contribution in [2.24, 2.45) is 0 Å². The Morgan fingerprint density at radius 2 is 1.95 bits per heavy atom. The largest absolute Gasteiger partial charge is 0.309 e. The molecular weight excluding hydrogens is 276 g/mol. The van der Waals surface area contributed by atoms with Gasteiger partial charge in [-0.15, -0.1) is 11.3 Å². The lowest BCUT2D eigenvalue weighted by Gasteiger charge is -2.15. The van der Waals surface area contributed by atoms with Gasteiger partial charge in [0.25, 0.3) is 0 Å². The third-order valence-electron chi connectivity index (χ3n) is 3.61. The van der Waals surface area contributed by atoms with Gasteiger partial charge in [0, 0.05) is 29.1 Å². The number of hydrogen-bond donors (Lipinski definition) is 1. The summed E-state index contributed by atoms with van der Waals surface area (Å²) in [6.45, 7) is 12.0. The van der Waals surface area contributed by atoms with Crippen LogP contribution in [0.25, 0.3) is 0 Å². The van der Waals surface area contributed by atoms with Crippen LogP contribution < -0.4 is 5.32 Å². The minimum atomic E-state index is 0.148. The van der Waals surface area contributed by atoms with Crippen molar-refractivity contribution in [2.75, 3.05) is 0 Å². The van der Waals surface area contributed by atoms with Crippen LogP contribution in [0.3, 0.4) is 0 Å². The molecule has 1 N–H and O–H groups in total. The molecule has 3 heteroatoms. The molecule has 0 aliphatic rings. The van der Waals surface area contributed by atoms with Crippen molar-refractivity contribution in [1.29, 1.82) is 0 Å². The number of benzene rings is 1. The molecule has 0 amide bonds. The van der Waals surface area contributed by atoms with E-state index in [0.717, 1.165) is 13.0 Å². The fraction of sp³-hybridized carbons (Fsp3) is 0.500. The van der Waals surface area contributed by atoms with Crippen LogP contribution in [-0.4, -0.2) is 11.0 Å². The summed E-state index contributed by atoms with van der Waals surface area (Å²) in [5, 5.41) is 4.82. The SMILES string of the molecule is Cc1ccccc1CC(C)NCc1cnc(C(C)(C)C)s1. The molecule has 1 aromatic heterocycles. The highest BCUT2D eigenvalue weighted by Crippen LogP contribution is 2.26. The fourth-order valence-corrected chi connectivity index (χ4v) is 3.17. The van der Waals surface area contributed by atoms with Gasteiger partial charge in [-0.05, 0) is 31.4 Å². The van der Waals surface area contributed by atoms with Crippen LogP contribution in [0.4, 0.5) is 0 Å². The monoisotopic (exact) mass is 302 g/mol. The first-order chi connectivity index (χ1) is 9.86. The molecule has 0 radical (unpaired) electrons. The van der Waals surface area contributed by atoms with Gasteiger partial charge in [-0.2, -0.15) is 0 Å². The van der Waals surface area contributed by atoms with Crippen LogP contribution in [-0.2, 0) is 18.4 Å². The topological polar surface area (TPSA) is 24.9 Å². The number of aromatic nitrogens is 1. The molecule has 0 saturated carbocycles. The van der Waals surface area contributed by atoms with Crippen molar-refractivity contribution < 1.29 is 0 Å². The van der Waals surface area contributed by atoms with Crippen LogP contribution >= 0.6 is 11.3 Å². The second-order valence-electron chi connectivity index (χ2n) is 6.79. The van der Waals surface area contributed by atoms with Crippen LogP contribution in [0.1, 0.15) is 48.7 Å². The number of rotatable bonds is 5. The third-order valence-corrected chi connectivity index (χ3v) is 5.03. The maximum Gasteiger partial charge on any atom is 0.0981 e. The summed E-state index contributed by atoms with van der Waals surface area (Å²) < 4.78 is 0. The second kappa shape index (κ2) is 6.71. The number of nitrogens with zero attached hydrogens (tertiary/aromatic N) is 1. The molecule has 0 spiro atoms. The molecule has 0 bridgehead atoms. The highest BCUT2D eigenvalue weighted by molar-refractivity contribution is 7.11. The van der Waals surface area contributed by atoms with E-state index in [9.17, 15) is 0 Å². The number of hydrogen-bond acceptors (Lipinski definition) is 3. The van der Waals surface area contributed by atoms with Crippen LogP contribution in [0.2, 0.25) is 0 Å². The number of aryl methyl sites for hydroxylation is 1. The highest BCUT2D eigenvalue weighted by atomic mass is 32.1. The molecule has 0 aliphatic carbocycles. The van der Waals surface area contributed by atoms with Gasteiger partial charge in [-0.1, -0.05) is 45.0 Å². The summed E-state index contributed by atoms with van der Waals surface area (Å²) in [6, 6.07) is 9.08. The van der Waals surface area contributed by atoms with Crippen molar-refractivity contribution in [3.05, 3.63) is 51.5 Å². The van der Waals surface area contributed by atoms with Gasteiger partial charge in [0.1, 0.15) is 0 Å². The Hall–Kier alpha value is -1.19. The molecule has 1 unspecified atom stereocenters. The number of thiazole rings is 1. The minimum Gasteiger partial charge on any atom is -0.309 e. The molecule has 21 heavy (non-hydrogen) atoms. The maximum atomic E-state index is 4.54. The van der Waals surface area contributed by atoms with Gasteiger partial charge >= 0.3 is 0 Å². The maximum absolute atomic E-state index is 4.54. The van der Waals surface area contributed by atoms with Gasteiger partial charge < -0.3 is 5.32 Å². The van der Waals surface area contributed by atoms with E-state index in [1.807, 2.05) is 17.5 Å². The predicted octanol–water partition coefficient (Wildman–Crippen LogP) is 4.47. The van der Waals surface area contributed by atoms with Gasteiger partial charge in [0.2, 0.25) is 0 Å². The minimum absolute atomic E-state index is 0.148. The average molecular weight is 302 g/mol. The fourth-order valence-electron chi connectivity index (χ4n) is 2.25. The molecule has 0 saturated heterocycles. The zero-order valence-corrected chi connectivity index (χ0v) is 14.6. The quantitative estimate of drug-likeness (QED) is 0.881. The van der Waals surface area contributed by atoms with E-state index in [1.165, 1.54) is 21.0 Å². The van der Waals surface area contributed by atoms with Crippen molar-refractivity contribution in [2.45, 2.75) is 59.0 Å². The normalized spacial score (nSPS) is 13.4. The van der Waals surface area contributed by atoms with E-state index in [0.29, 0.717) is 6.04 Å². The summed E-state index contributed by atoms with van der Waals surface area (Å²) >= 11 is 1.82. The molecule has 2 aromatic rings. The molecule has 114 valence electrons. The molecule has 1 heterocycles. The molecule has 1 aromatic carbocycles. The highest BCUT2D eigenvalue weighted by Gasteiger charge is 2.18. The number of nitrogens with one attached hydrogen (secondary N) is 1.